The fourth-order valence-corrected chi connectivity index (χ4v) is 3.75. The second kappa shape index (κ2) is 7.77. The Hall–Kier alpha value is -1.92. The second-order valence-electron chi connectivity index (χ2n) is 5.55. The van der Waals surface area contributed by atoms with Crippen molar-refractivity contribution in [3.05, 3.63) is 45.3 Å². The van der Waals surface area contributed by atoms with Gasteiger partial charge in [0.1, 0.15) is 5.00 Å². The van der Waals surface area contributed by atoms with Gasteiger partial charge in [0.05, 0.1) is 12.2 Å². The first-order valence-corrected chi connectivity index (χ1v) is 8.99. The fraction of sp³-hybridized carbons (Fsp3) is 0.333. The van der Waals surface area contributed by atoms with Crippen LogP contribution in [0.1, 0.15) is 38.8 Å². The van der Waals surface area contributed by atoms with Crippen LogP contribution in [0.3, 0.4) is 0 Å². The largest absolute Gasteiger partial charge is 0.462 e. The molecular weight excluding hydrogens is 340 g/mol. The smallest absolute Gasteiger partial charge is 0.341 e. The summed E-state index contributed by atoms with van der Waals surface area (Å²) in [6, 6.07) is 6.07. The number of hydrogen-bond donors (Lipinski definition) is 2. The summed E-state index contributed by atoms with van der Waals surface area (Å²) in [5.74, 6) is -0.322. The molecule has 6 heteroatoms. The van der Waals surface area contributed by atoms with Crippen LogP contribution >= 0.6 is 23.6 Å². The molecule has 0 aliphatic rings. The number of carbonyl (C=O) groups is 1. The topological polar surface area (TPSA) is 50.4 Å². The Labute approximate surface area is 152 Å². The number of anilines is 2. The van der Waals surface area contributed by atoms with Crippen LogP contribution in [-0.4, -0.2) is 17.7 Å². The number of thiocarbonyl (C=S) groups is 1. The number of ether oxygens (including phenoxy) is 1. The van der Waals surface area contributed by atoms with E-state index in [1.165, 1.54) is 11.3 Å². The van der Waals surface area contributed by atoms with Crippen LogP contribution in [0.5, 0.6) is 0 Å². The minimum absolute atomic E-state index is 0.322. The summed E-state index contributed by atoms with van der Waals surface area (Å²) in [5.41, 5.74) is 4.70. The molecule has 1 aromatic carbocycles. The highest BCUT2D eigenvalue weighted by Gasteiger charge is 2.21. The van der Waals surface area contributed by atoms with Gasteiger partial charge in [0, 0.05) is 10.6 Å². The van der Waals surface area contributed by atoms with Gasteiger partial charge in [0.2, 0.25) is 0 Å². The fourth-order valence-electron chi connectivity index (χ4n) is 2.42. The predicted molar refractivity (Wildman–Crippen MR) is 106 cm³/mol. The molecule has 0 spiro atoms. The van der Waals surface area contributed by atoms with E-state index in [0.717, 1.165) is 27.3 Å². The summed E-state index contributed by atoms with van der Waals surface area (Å²) in [5, 5.41) is 7.55. The molecule has 0 aliphatic heterocycles. The first kappa shape index (κ1) is 18.4. The third kappa shape index (κ3) is 3.94. The zero-order valence-corrected chi connectivity index (χ0v) is 16.2. The standard InChI is InChI=1S/C18H22N2O2S2/c1-6-22-17(21)14-12(4)13(5)24-16(14)20-18(23)19-15-10(2)8-7-9-11(15)3/h7-9H,6H2,1-5H3,(H2,19,20,23). The van der Waals surface area contributed by atoms with E-state index < -0.39 is 0 Å². The van der Waals surface area contributed by atoms with Gasteiger partial charge < -0.3 is 15.4 Å². The highest BCUT2D eigenvalue weighted by Crippen LogP contribution is 2.33. The molecule has 2 N–H and O–H groups in total. The average Bonchev–Trinajstić information content (AvgIpc) is 2.78. The van der Waals surface area contributed by atoms with Crippen LogP contribution in [0.15, 0.2) is 18.2 Å². The Morgan fingerprint density at radius 1 is 1.17 bits per heavy atom. The molecule has 128 valence electrons. The van der Waals surface area contributed by atoms with Crippen molar-refractivity contribution in [1.82, 2.24) is 0 Å². The molecule has 0 radical (unpaired) electrons. The average molecular weight is 363 g/mol. The number of esters is 1. The Balaban J connectivity index is 2.23. The van der Waals surface area contributed by atoms with Gasteiger partial charge in [-0.25, -0.2) is 4.79 Å². The summed E-state index contributed by atoms with van der Waals surface area (Å²) in [7, 11) is 0. The van der Waals surface area contributed by atoms with Crippen molar-refractivity contribution in [2.24, 2.45) is 0 Å². The lowest BCUT2D eigenvalue weighted by Crippen LogP contribution is -2.21. The molecule has 2 aromatic rings. The number of hydrogen-bond acceptors (Lipinski definition) is 4. The third-order valence-electron chi connectivity index (χ3n) is 3.81. The monoisotopic (exact) mass is 362 g/mol. The number of rotatable bonds is 4. The van der Waals surface area contributed by atoms with Gasteiger partial charge in [0.15, 0.2) is 5.11 Å². The van der Waals surface area contributed by atoms with Crippen molar-refractivity contribution in [3.8, 4) is 0 Å². The zero-order chi connectivity index (χ0) is 17.9. The molecule has 24 heavy (non-hydrogen) atoms. The normalized spacial score (nSPS) is 10.4. The molecule has 4 nitrogen and oxygen atoms in total. The van der Waals surface area contributed by atoms with Crippen LogP contribution in [-0.2, 0) is 4.74 Å². The van der Waals surface area contributed by atoms with Gasteiger partial charge in [-0.1, -0.05) is 18.2 Å². The molecular formula is C18H22N2O2S2. The number of para-hydroxylation sites is 1. The van der Waals surface area contributed by atoms with E-state index in [2.05, 4.69) is 10.6 Å². The molecule has 0 saturated carbocycles. The lowest BCUT2D eigenvalue weighted by atomic mass is 10.1. The summed E-state index contributed by atoms with van der Waals surface area (Å²) < 4.78 is 5.16. The first-order chi connectivity index (χ1) is 11.3. The Morgan fingerprint density at radius 3 is 2.38 bits per heavy atom. The Kier molecular flexibility index (Phi) is 5.96. The molecule has 0 aliphatic carbocycles. The van der Waals surface area contributed by atoms with Crippen molar-refractivity contribution in [2.75, 3.05) is 17.2 Å². The van der Waals surface area contributed by atoms with Crippen LogP contribution in [0, 0.1) is 27.7 Å². The highest BCUT2D eigenvalue weighted by molar-refractivity contribution is 7.80. The van der Waals surface area contributed by atoms with E-state index in [9.17, 15) is 4.79 Å². The molecule has 0 atom stereocenters. The number of aryl methyl sites for hydroxylation is 3. The molecule has 0 unspecified atom stereocenters. The van der Waals surface area contributed by atoms with E-state index in [-0.39, 0.29) is 5.97 Å². The maximum Gasteiger partial charge on any atom is 0.341 e. The third-order valence-corrected chi connectivity index (χ3v) is 5.14. The maximum absolute atomic E-state index is 12.2. The van der Waals surface area contributed by atoms with Crippen molar-refractivity contribution in [1.29, 1.82) is 0 Å². The Bertz CT molecular complexity index is 761. The lowest BCUT2D eigenvalue weighted by Gasteiger charge is -2.14. The summed E-state index contributed by atoms with van der Waals surface area (Å²) >= 11 is 6.94. The van der Waals surface area contributed by atoms with Crippen LogP contribution in [0.4, 0.5) is 10.7 Å². The molecule has 0 bridgehead atoms. The highest BCUT2D eigenvalue weighted by atomic mass is 32.1. The Morgan fingerprint density at radius 2 is 1.79 bits per heavy atom. The summed E-state index contributed by atoms with van der Waals surface area (Å²) in [6.07, 6.45) is 0. The van der Waals surface area contributed by atoms with Crippen LogP contribution in [0.2, 0.25) is 0 Å². The van der Waals surface area contributed by atoms with Crippen molar-refractivity contribution in [3.63, 3.8) is 0 Å². The first-order valence-electron chi connectivity index (χ1n) is 7.76. The minimum atomic E-state index is -0.322. The number of carbonyl (C=O) groups excluding carboxylic acids is 1. The quantitative estimate of drug-likeness (QED) is 0.594. The van der Waals surface area contributed by atoms with Crippen molar-refractivity contribution in [2.45, 2.75) is 34.6 Å². The summed E-state index contributed by atoms with van der Waals surface area (Å²) in [4.78, 5) is 13.3. The zero-order valence-electron chi connectivity index (χ0n) is 14.6. The van der Waals surface area contributed by atoms with E-state index in [4.69, 9.17) is 17.0 Å². The van der Waals surface area contributed by atoms with Gasteiger partial charge in [-0.2, -0.15) is 0 Å². The molecule has 1 heterocycles. The van der Waals surface area contributed by atoms with Gasteiger partial charge in [-0.05, 0) is 63.5 Å². The molecule has 0 saturated heterocycles. The van der Waals surface area contributed by atoms with Crippen LogP contribution in [0.25, 0.3) is 0 Å². The number of thiophene rings is 1. The van der Waals surface area contributed by atoms with Gasteiger partial charge >= 0.3 is 5.97 Å². The van der Waals surface area contributed by atoms with Crippen LogP contribution < -0.4 is 10.6 Å². The number of nitrogens with one attached hydrogen (secondary N) is 2. The van der Waals surface area contributed by atoms with E-state index in [1.807, 2.05) is 45.9 Å². The SMILES string of the molecule is CCOC(=O)c1c(NC(=S)Nc2c(C)cccc2C)sc(C)c1C. The van der Waals surface area contributed by atoms with Gasteiger partial charge in [-0.3, -0.25) is 0 Å². The van der Waals surface area contributed by atoms with E-state index >= 15 is 0 Å². The van der Waals surface area contributed by atoms with Crippen molar-refractivity contribution < 1.29 is 9.53 Å². The van der Waals surface area contributed by atoms with Gasteiger partial charge in [-0.15, -0.1) is 11.3 Å². The molecule has 0 fully saturated rings. The number of benzene rings is 1. The van der Waals surface area contributed by atoms with E-state index in [1.54, 1.807) is 6.92 Å². The predicted octanol–water partition coefficient (Wildman–Crippen LogP) is 4.97. The van der Waals surface area contributed by atoms with Crippen molar-refractivity contribution >= 4 is 45.3 Å². The summed E-state index contributed by atoms with van der Waals surface area (Å²) in [6.45, 7) is 10.1. The van der Waals surface area contributed by atoms with Gasteiger partial charge in [0.25, 0.3) is 0 Å². The van der Waals surface area contributed by atoms with E-state index in [0.29, 0.717) is 22.3 Å². The molecule has 0 amide bonds. The molecule has 2 rings (SSSR count). The second-order valence-corrected chi connectivity index (χ2v) is 7.19. The molecule has 1 aromatic heterocycles. The minimum Gasteiger partial charge on any atom is -0.462 e. The lowest BCUT2D eigenvalue weighted by molar-refractivity contribution is 0.0527. The maximum atomic E-state index is 12.2.